The molecule has 0 saturated heterocycles. The van der Waals surface area contributed by atoms with E-state index in [1.54, 1.807) is 16.9 Å². The predicted molar refractivity (Wildman–Crippen MR) is 118 cm³/mol. The summed E-state index contributed by atoms with van der Waals surface area (Å²) in [4.78, 5) is 16.4. The maximum Gasteiger partial charge on any atom is 0.228 e. The standard InChI is InChI=1S/C24H18N6O/c31-23(15-17-5-2-1-3-6-17)26-20-10-8-18(9-11-20)21-12-13-22-27-28-24(30(22)29-21)19-7-4-14-25-16-19/h1-14,16H,15H2,(H,26,31). The maximum absolute atomic E-state index is 12.3. The number of nitrogens with one attached hydrogen (secondary N) is 1. The van der Waals surface area contributed by atoms with Crippen molar-refractivity contribution in [1.29, 1.82) is 0 Å². The van der Waals surface area contributed by atoms with Crippen molar-refractivity contribution in [2.45, 2.75) is 6.42 Å². The highest BCUT2D eigenvalue weighted by atomic mass is 16.1. The molecule has 150 valence electrons. The summed E-state index contributed by atoms with van der Waals surface area (Å²) in [6.07, 6.45) is 3.79. The Hall–Kier alpha value is -4.39. The monoisotopic (exact) mass is 406 g/mol. The summed E-state index contributed by atoms with van der Waals surface area (Å²) in [7, 11) is 0. The van der Waals surface area contributed by atoms with Gasteiger partial charge in [0, 0.05) is 29.2 Å². The minimum atomic E-state index is -0.0518. The summed E-state index contributed by atoms with van der Waals surface area (Å²) >= 11 is 0. The van der Waals surface area contributed by atoms with Crippen molar-refractivity contribution in [3.63, 3.8) is 0 Å². The van der Waals surface area contributed by atoms with Crippen molar-refractivity contribution < 1.29 is 4.79 Å². The number of hydrogen-bond donors (Lipinski definition) is 1. The Balaban J connectivity index is 1.36. The van der Waals surface area contributed by atoms with Crippen molar-refractivity contribution in [3.05, 3.63) is 96.8 Å². The number of amides is 1. The summed E-state index contributed by atoms with van der Waals surface area (Å²) < 4.78 is 1.71. The highest BCUT2D eigenvalue weighted by Crippen LogP contribution is 2.22. The van der Waals surface area contributed by atoms with Crippen molar-refractivity contribution in [2.24, 2.45) is 0 Å². The first kappa shape index (κ1) is 18.6. The lowest BCUT2D eigenvalue weighted by atomic mass is 10.1. The third-order valence-electron chi connectivity index (χ3n) is 4.85. The van der Waals surface area contributed by atoms with Gasteiger partial charge in [0.25, 0.3) is 0 Å². The summed E-state index contributed by atoms with van der Waals surface area (Å²) in [6, 6.07) is 24.8. The number of fused-ring (bicyclic) bond motifs is 1. The molecule has 0 fully saturated rings. The lowest BCUT2D eigenvalue weighted by molar-refractivity contribution is -0.115. The zero-order valence-corrected chi connectivity index (χ0v) is 16.5. The quantitative estimate of drug-likeness (QED) is 0.476. The van der Waals surface area contributed by atoms with Gasteiger partial charge in [0.05, 0.1) is 12.1 Å². The molecule has 0 aliphatic heterocycles. The van der Waals surface area contributed by atoms with Crippen molar-refractivity contribution in [1.82, 2.24) is 24.8 Å². The summed E-state index contributed by atoms with van der Waals surface area (Å²) in [5.41, 5.74) is 4.93. The Morgan fingerprint density at radius 1 is 0.839 bits per heavy atom. The van der Waals surface area contributed by atoms with Crippen LogP contribution in [0.4, 0.5) is 5.69 Å². The molecule has 0 spiro atoms. The molecule has 1 amide bonds. The van der Waals surface area contributed by atoms with Crippen LogP contribution in [0.3, 0.4) is 0 Å². The zero-order valence-electron chi connectivity index (χ0n) is 16.5. The summed E-state index contributed by atoms with van der Waals surface area (Å²) in [5, 5.41) is 16.1. The second-order valence-corrected chi connectivity index (χ2v) is 7.04. The van der Waals surface area contributed by atoms with Gasteiger partial charge in [0.15, 0.2) is 11.5 Å². The lowest BCUT2D eigenvalue weighted by Crippen LogP contribution is -2.14. The van der Waals surface area contributed by atoms with E-state index in [2.05, 4.69) is 20.5 Å². The third-order valence-corrected chi connectivity index (χ3v) is 4.85. The van der Waals surface area contributed by atoms with E-state index in [9.17, 15) is 4.79 Å². The van der Waals surface area contributed by atoms with E-state index in [1.807, 2.05) is 78.9 Å². The van der Waals surface area contributed by atoms with Crippen molar-refractivity contribution >= 4 is 17.2 Å². The van der Waals surface area contributed by atoms with Crippen LogP contribution in [-0.2, 0) is 11.2 Å². The molecule has 0 aliphatic rings. The van der Waals surface area contributed by atoms with Crippen LogP contribution >= 0.6 is 0 Å². The molecule has 7 nitrogen and oxygen atoms in total. The fourth-order valence-corrected chi connectivity index (χ4v) is 3.33. The van der Waals surface area contributed by atoms with Crippen molar-refractivity contribution in [3.8, 4) is 22.6 Å². The van der Waals surface area contributed by atoms with Gasteiger partial charge in [0.1, 0.15) is 0 Å². The number of aromatic nitrogens is 5. The van der Waals surface area contributed by atoms with Gasteiger partial charge in [-0.1, -0.05) is 42.5 Å². The van der Waals surface area contributed by atoms with Gasteiger partial charge in [-0.3, -0.25) is 9.78 Å². The fourth-order valence-electron chi connectivity index (χ4n) is 3.33. The Kier molecular flexibility index (Phi) is 4.90. The largest absolute Gasteiger partial charge is 0.326 e. The Morgan fingerprint density at radius 2 is 1.68 bits per heavy atom. The van der Waals surface area contributed by atoms with Gasteiger partial charge < -0.3 is 5.32 Å². The summed E-state index contributed by atoms with van der Waals surface area (Å²) in [5.74, 6) is 0.582. The first-order valence-corrected chi connectivity index (χ1v) is 9.83. The molecule has 5 aromatic rings. The van der Waals surface area contributed by atoms with E-state index in [0.29, 0.717) is 17.9 Å². The lowest BCUT2D eigenvalue weighted by Gasteiger charge is -2.07. The molecular formula is C24H18N6O. The SMILES string of the molecule is O=C(Cc1ccccc1)Nc1ccc(-c2ccc3nnc(-c4cccnc4)n3n2)cc1. The van der Waals surface area contributed by atoms with Crippen LogP contribution in [0.15, 0.2) is 91.3 Å². The summed E-state index contributed by atoms with van der Waals surface area (Å²) in [6.45, 7) is 0. The Labute approximate surface area is 178 Å². The molecule has 0 radical (unpaired) electrons. The van der Waals surface area contributed by atoms with Gasteiger partial charge in [-0.15, -0.1) is 10.2 Å². The van der Waals surface area contributed by atoms with Crippen LogP contribution in [0, 0.1) is 0 Å². The van der Waals surface area contributed by atoms with Crippen LogP contribution in [-0.4, -0.2) is 30.7 Å². The number of carbonyl (C=O) groups is 1. The molecule has 5 rings (SSSR count). The molecule has 3 aromatic heterocycles. The highest BCUT2D eigenvalue weighted by Gasteiger charge is 2.11. The minimum absolute atomic E-state index is 0.0518. The van der Waals surface area contributed by atoms with E-state index < -0.39 is 0 Å². The number of hydrogen-bond acceptors (Lipinski definition) is 5. The molecule has 0 unspecified atom stereocenters. The molecule has 31 heavy (non-hydrogen) atoms. The van der Waals surface area contributed by atoms with Crippen LogP contribution < -0.4 is 5.32 Å². The number of benzene rings is 2. The van der Waals surface area contributed by atoms with Crippen LogP contribution in [0.5, 0.6) is 0 Å². The molecule has 2 aromatic carbocycles. The van der Waals surface area contributed by atoms with Crippen LogP contribution in [0.25, 0.3) is 28.3 Å². The van der Waals surface area contributed by atoms with Crippen molar-refractivity contribution in [2.75, 3.05) is 5.32 Å². The number of nitrogens with zero attached hydrogens (tertiary/aromatic N) is 5. The zero-order chi connectivity index (χ0) is 21.0. The normalized spacial score (nSPS) is 10.8. The smallest absolute Gasteiger partial charge is 0.228 e. The number of carbonyl (C=O) groups excluding carboxylic acids is 1. The molecule has 7 heteroatoms. The van der Waals surface area contributed by atoms with Gasteiger partial charge in [0.2, 0.25) is 5.91 Å². The van der Waals surface area contributed by atoms with Crippen LogP contribution in [0.1, 0.15) is 5.56 Å². The third kappa shape index (κ3) is 4.02. The molecule has 0 saturated carbocycles. The van der Waals surface area contributed by atoms with E-state index in [4.69, 9.17) is 5.10 Å². The van der Waals surface area contributed by atoms with E-state index in [0.717, 1.165) is 28.1 Å². The van der Waals surface area contributed by atoms with Crippen LogP contribution in [0.2, 0.25) is 0 Å². The van der Waals surface area contributed by atoms with E-state index in [-0.39, 0.29) is 5.91 Å². The second-order valence-electron chi connectivity index (χ2n) is 7.04. The average Bonchev–Trinajstić information content (AvgIpc) is 3.24. The van der Waals surface area contributed by atoms with E-state index in [1.165, 1.54) is 0 Å². The molecular weight excluding hydrogens is 388 g/mol. The van der Waals surface area contributed by atoms with E-state index >= 15 is 0 Å². The molecule has 3 heterocycles. The second kappa shape index (κ2) is 8.16. The highest BCUT2D eigenvalue weighted by molar-refractivity contribution is 5.92. The molecule has 0 bridgehead atoms. The number of rotatable bonds is 5. The van der Waals surface area contributed by atoms with Gasteiger partial charge >= 0.3 is 0 Å². The number of anilines is 1. The minimum Gasteiger partial charge on any atom is -0.326 e. The van der Waals surface area contributed by atoms with Gasteiger partial charge in [-0.05, 0) is 42.0 Å². The number of pyridine rings is 1. The van der Waals surface area contributed by atoms with Gasteiger partial charge in [-0.25, -0.2) is 0 Å². The average molecular weight is 406 g/mol. The predicted octanol–water partition coefficient (Wildman–Crippen LogP) is 4.03. The van der Waals surface area contributed by atoms with Gasteiger partial charge in [-0.2, -0.15) is 9.61 Å². The fraction of sp³-hybridized carbons (Fsp3) is 0.0417. The maximum atomic E-state index is 12.3. The molecule has 1 N–H and O–H groups in total. The Morgan fingerprint density at radius 3 is 2.45 bits per heavy atom. The first-order chi connectivity index (χ1) is 15.3. The Bertz CT molecular complexity index is 1330. The topological polar surface area (TPSA) is 85.1 Å². The molecule has 0 atom stereocenters. The molecule has 0 aliphatic carbocycles. The first-order valence-electron chi connectivity index (χ1n) is 9.83.